The van der Waals surface area contributed by atoms with E-state index in [1.54, 1.807) is 12.4 Å². The summed E-state index contributed by atoms with van der Waals surface area (Å²) >= 11 is 16.2. The minimum atomic E-state index is 0.560. The fraction of sp³-hybridized carbons (Fsp3) is 0.0909. The molecular formula is C11H7Cl2I2N3. The van der Waals surface area contributed by atoms with E-state index in [4.69, 9.17) is 23.2 Å². The molecule has 0 atom stereocenters. The van der Waals surface area contributed by atoms with Crippen LogP contribution >= 0.6 is 68.4 Å². The number of aromatic nitrogens is 2. The average Bonchev–Trinajstić information content (AvgIpc) is 2.33. The molecule has 0 saturated heterocycles. The zero-order valence-corrected chi connectivity index (χ0v) is 14.7. The van der Waals surface area contributed by atoms with E-state index in [1.807, 2.05) is 12.1 Å². The maximum Gasteiger partial charge on any atom is 0.128 e. The largest absolute Gasteiger partial charge is 0.377 e. The van der Waals surface area contributed by atoms with Crippen LogP contribution in [0, 0.1) is 7.40 Å². The molecule has 0 spiro atoms. The Kier molecular flexibility index (Phi) is 5.28. The van der Waals surface area contributed by atoms with Crippen molar-refractivity contribution < 1.29 is 0 Å². The predicted molar refractivity (Wildman–Crippen MR) is 91.3 cm³/mol. The van der Waals surface area contributed by atoms with Crippen molar-refractivity contribution in [1.29, 1.82) is 0 Å². The van der Waals surface area contributed by atoms with Gasteiger partial charge in [-0.05, 0) is 62.9 Å². The van der Waals surface area contributed by atoms with E-state index in [9.17, 15) is 0 Å². The van der Waals surface area contributed by atoms with Gasteiger partial charge in [-0.2, -0.15) is 0 Å². The minimum Gasteiger partial charge on any atom is -0.377 e. The topological polar surface area (TPSA) is 37.8 Å². The summed E-state index contributed by atoms with van der Waals surface area (Å²) in [5.74, 6) is 0. The van der Waals surface area contributed by atoms with Crippen LogP contribution in [0.3, 0.4) is 0 Å². The Hall–Kier alpha value is 0.140. The second-order valence-electron chi connectivity index (χ2n) is 3.43. The van der Waals surface area contributed by atoms with Crippen molar-refractivity contribution >= 4 is 74.1 Å². The smallest absolute Gasteiger partial charge is 0.128 e. The second-order valence-corrected chi connectivity index (χ2v) is 6.29. The average molecular weight is 506 g/mol. The van der Waals surface area contributed by atoms with Gasteiger partial charge < -0.3 is 5.32 Å². The van der Waals surface area contributed by atoms with Crippen LogP contribution in [-0.2, 0) is 6.54 Å². The standard InChI is InChI=1S/C11H7Cl2I2N3/c12-7-2-1-6(3-8(7)13)4-16-9-10(14)17-5-18-11(9)15/h1-3,5,16H,4H2. The van der Waals surface area contributed by atoms with E-state index >= 15 is 0 Å². The molecular weight excluding hydrogens is 499 g/mol. The van der Waals surface area contributed by atoms with Crippen molar-refractivity contribution in [1.82, 2.24) is 9.97 Å². The second kappa shape index (κ2) is 6.53. The summed E-state index contributed by atoms with van der Waals surface area (Å²) in [5, 5.41) is 4.42. The van der Waals surface area contributed by atoms with Crippen LogP contribution < -0.4 is 5.32 Å². The number of nitrogens with zero attached hydrogens (tertiary/aromatic N) is 2. The van der Waals surface area contributed by atoms with E-state index in [-0.39, 0.29) is 0 Å². The van der Waals surface area contributed by atoms with Gasteiger partial charge >= 0.3 is 0 Å². The third-order valence-corrected chi connectivity index (χ3v) is 4.58. The summed E-state index contributed by atoms with van der Waals surface area (Å²) in [4.78, 5) is 8.29. The number of halogens is 4. The zero-order chi connectivity index (χ0) is 13.1. The lowest BCUT2D eigenvalue weighted by Crippen LogP contribution is -2.05. The summed E-state index contributed by atoms with van der Waals surface area (Å²) in [6, 6.07) is 5.57. The van der Waals surface area contributed by atoms with E-state index in [2.05, 4.69) is 60.5 Å². The Morgan fingerprint density at radius 3 is 2.33 bits per heavy atom. The number of hydrogen-bond donors (Lipinski definition) is 1. The van der Waals surface area contributed by atoms with Crippen molar-refractivity contribution in [2.24, 2.45) is 0 Å². The number of rotatable bonds is 3. The van der Waals surface area contributed by atoms with Gasteiger partial charge in [0.15, 0.2) is 0 Å². The quantitative estimate of drug-likeness (QED) is 0.489. The van der Waals surface area contributed by atoms with Gasteiger partial charge in [0, 0.05) is 6.54 Å². The molecule has 0 saturated carbocycles. The van der Waals surface area contributed by atoms with Gasteiger partial charge in [-0.3, -0.25) is 0 Å². The molecule has 1 heterocycles. The Labute approximate surface area is 142 Å². The van der Waals surface area contributed by atoms with Gasteiger partial charge in [-0.15, -0.1) is 0 Å². The van der Waals surface area contributed by atoms with Crippen LogP contribution in [-0.4, -0.2) is 9.97 Å². The highest BCUT2D eigenvalue weighted by molar-refractivity contribution is 14.1. The molecule has 2 rings (SSSR count). The molecule has 0 bridgehead atoms. The van der Waals surface area contributed by atoms with E-state index in [0.717, 1.165) is 18.7 Å². The summed E-state index contributed by atoms with van der Waals surface area (Å²) in [6.45, 7) is 0.649. The fourth-order valence-electron chi connectivity index (χ4n) is 1.33. The highest BCUT2D eigenvalue weighted by Gasteiger charge is 2.07. The molecule has 0 unspecified atom stereocenters. The third kappa shape index (κ3) is 3.58. The number of nitrogens with one attached hydrogen (secondary N) is 1. The summed E-state index contributed by atoms with van der Waals surface area (Å²) < 4.78 is 1.79. The molecule has 0 aliphatic carbocycles. The van der Waals surface area contributed by atoms with Crippen molar-refractivity contribution in [2.75, 3.05) is 5.32 Å². The highest BCUT2D eigenvalue weighted by atomic mass is 127. The molecule has 2 aromatic rings. The molecule has 1 N–H and O–H groups in total. The Bertz CT molecular complexity index is 558. The Morgan fingerprint density at radius 1 is 1.06 bits per heavy atom. The van der Waals surface area contributed by atoms with Crippen LogP contribution in [0.2, 0.25) is 10.0 Å². The third-order valence-electron chi connectivity index (χ3n) is 2.21. The molecule has 7 heteroatoms. The molecule has 0 fully saturated rings. The van der Waals surface area contributed by atoms with Crippen molar-refractivity contribution in [3.8, 4) is 0 Å². The first-order valence-electron chi connectivity index (χ1n) is 4.91. The maximum absolute atomic E-state index is 5.97. The summed E-state index contributed by atoms with van der Waals surface area (Å²) in [7, 11) is 0. The lowest BCUT2D eigenvalue weighted by atomic mass is 10.2. The molecule has 18 heavy (non-hydrogen) atoms. The van der Waals surface area contributed by atoms with Crippen LogP contribution in [0.4, 0.5) is 5.69 Å². The Morgan fingerprint density at radius 2 is 1.72 bits per heavy atom. The molecule has 0 aliphatic heterocycles. The molecule has 0 radical (unpaired) electrons. The number of hydrogen-bond acceptors (Lipinski definition) is 3. The van der Waals surface area contributed by atoms with Gasteiger partial charge in [-0.1, -0.05) is 29.3 Å². The molecule has 3 nitrogen and oxygen atoms in total. The van der Waals surface area contributed by atoms with Gasteiger partial charge in [0.1, 0.15) is 13.7 Å². The van der Waals surface area contributed by atoms with Crippen LogP contribution in [0.25, 0.3) is 0 Å². The van der Waals surface area contributed by atoms with Gasteiger partial charge in [0.2, 0.25) is 0 Å². The number of anilines is 1. The molecule has 1 aromatic heterocycles. The lowest BCUT2D eigenvalue weighted by molar-refractivity contribution is 1.06. The first-order chi connectivity index (χ1) is 8.58. The summed E-state index contributed by atoms with van der Waals surface area (Å²) in [6.07, 6.45) is 1.55. The lowest BCUT2D eigenvalue weighted by Gasteiger charge is -2.09. The van der Waals surface area contributed by atoms with E-state index in [0.29, 0.717) is 16.6 Å². The van der Waals surface area contributed by atoms with Gasteiger partial charge in [-0.25, -0.2) is 9.97 Å². The van der Waals surface area contributed by atoms with E-state index in [1.165, 1.54) is 0 Å². The monoisotopic (exact) mass is 505 g/mol. The zero-order valence-electron chi connectivity index (χ0n) is 8.92. The first-order valence-corrected chi connectivity index (χ1v) is 7.83. The highest BCUT2D eigenvalue weighted by Crippen LogP contribution is 2.24. The first kappa shape index (κ1) is 14.5. The van der Waals surface area contributed by atoms with Gasteiger partial charge in [0.25, 0.3) is 0 Å². The van der Waals surface area contributed by atoms with Crippen LogP contribution in [0.5, 0.6) is 0 Å². The van der Waals surface area contributed by atoms with E-state index < -0.39 is 0 Å². The molecule has 0 aliphatic rings. The summed E-state index contributed by atoms with van der Waals surface area (Å²) in [5.41, 5.74) is 1.99. The maximum atomic E-state index is 5.97. The Balaban J connectivity index is 2.14. The van der Waals surface area contributed by atoms with Crippen molar-refractivity contribution in [3.63, 3.8) is 0 Å². The predicted octanol–water partition coefficient (Wildman–Crippen LogP) is 4.60. The van der Waals surface area contributed by atoms with Gasteiger partial charge in [0.05, 0.1) is 15.7 Å². The molecule has 0 amide bonds. The number of benzene rings is 1. The van der Waals surface area contributed by atoms with Crippen molar-refractivity contribution in [3.05, 3.63) is 47.5 Å². The van der Waals surface area contributed by atoms with Crippen LogP contribution in [0.15, 0.2) is 24.5 Å². The SMILES string of the molecule is Clc1ccc(CNc2c(I)ncnc2I)cc1Cl. The van der Waals surface area contributed by atoms with Crippen LogP contribution in [0.1, 0.15) is 5.56 Å². The normalized spacial score (nSPS) is 10.4. The molecule has 94 valence electrons. The fourth-order valence-corrected chi connectivity index (χ4v) is 3.31. The van der Waals surface area contributed by atoms with Crippen molar-refractivity contribution in [2.45, 2.75) is 6.54 Å². The molecule has 1 aromatic carbocycles. The minimum absolute atomic E-state index is 0.560.